The average molecular weight is 1020 g/mol. The van der Waals surface area contributed by atoms with Crippen molar-refractivity contribution in [2.75, 3.05) is 27.3 Å². The number of imide groups is 2. The van der Waals surface area contributed by atoms with Crippen molar-refractivity contribution >= 4 is 70.4 Å². The highest BCUT2D eigenvalue weighted by atomic mass is 35.5. The first-order valence-corrected chi connectivity index (χ1v) is 23.8. The molecule has 4 amide bonds. The van der Waals surface area contributed by atoms with Crippen LogP contribution in [0.3, 0.4) is 0 Å². The molecule has 0 radical (unpaired) electrons. The molecule has 0 N–H and O–H groups in total. The van der Waals surface area contributed by atoms with Crippen LogP contribution in [0.25, 0.3) is 10.4 Å². The molecule has 0 spiro atoms. The topological polar surface area (TPSA) is 160 Å². The van der Waals surface area contributed by atoms with Crippen LogP contribution < -0.4 is 9.47 Å². The third-order valence-electron chi connectivity index (χ3n) is 12.7. The number of likely N-dealkylation sites (tertiary alicyclic amines) is 2. The van der Waals surface area contributed by atoms with Crippen LogP contribution in [0.2, 0.25) is 20.1 Å². The summed E-state index contributed by atoms with van der Waals surface area (Å²) in [5.74, 6) is -1.50. The predicted molar refractivity (Wildman–Crippen MR) is 266 cm³/mol. The summed E-state index contributed by atoms with van der Waals surface area (Å²) in [7, 11) is 3.18. The van der Waals surface area contributed by atoms with E-state index in [0.29, 0.717) is 31.6 Å². The van der Waals surface area contributed by atoms with Gasteiger partial charge in [0.05, 0.1) is 20.1 Å². The maximum atomic E-state index is 13.7. The molecule has 13 nitrogen and oxygen atoms in total. The van der Waals surface area contributed by atoms with Crippen molar-refractivity contribution in [2.24, 2.45) is 22.9 Å². The second-order valence-corrected chi connectivity index (χ2v) is 21.1. The van der Waals surface area contributed by atoms with Gasteiger partial charge in [-0.2, -0.15) is 0 Å². The van der Waals surface area contributed by atoms with Crippen LogP contribution >= 0.6 is 46.4 Å². The summed E-state index contributed by atoms with van der Waals surface area (Å²) >= 11 is 24.7. The summed E-state index contributed by atoms with van der Waals surface area (Å²) in [6.45, 7) is 10.8. The number of halogens is 4. The number of carbonyl (C=O) groups excluding carboxylic acids is 4. The van der Waals surface area contributed by atoms with Gasteiger partial charge in [0.1, 0.15) is 22.7 Å². The highest BCUT2D eigenvalue weighted by molar-refractivity contribution is 6.31. The van der Waals surface area contributed by atoms with Crippen LogP contribution in [0.1, 0.15) is 87.5 Å². The van der Waals surface area contributed by atoms with Crippen molar-refractivity contribution in [2.45, 2.75) is 82.0 Å². The van der Waals surface area contributed by atoms with Crippen LogP contribution in [0.5, 0.6) is 11.5 Å². The third-order valence-corrected chi connectivity index (χ3v) is 13.7. The minimum Gasteiger partial charge on any atom is -0.496 e. The fraction of sp³-hybridized carbons (Fsp3) is 0.385. The van der Waals surface area contributed by atoms with Gasteiger partial charge in [-0.15, -0.1) is 0 Å². The number of azide groups is 1. The van der Waals surface area contributed by atoms with Crippen molar-refractivity contribution in [1.29, 1.82) is 0 Å². The van der Waals surface area contributed by atoms with Crippen molar-refractivity contribution in [3.05, 3.63) is 162 Å². The van der Waals surface area contributed by atoms with Gasteiger partial charge in [0.25, 0.3) is 0 Å². The number of hydrogen-bond acceptors (Lipinski definition) is 9. The van der Waals surface area contributed by atoms with Gasteiger partial charge in [-0.1, -0.05) is 112 Å². The Balaban J connectivity index is 0.000000205. The monoisotopic (exact) mass is 1020 g/mol. The Bertz CT molecular complexity index is 2730. The second-order valence-electron chi connectivity index (χ2n) is 19.4. The Hall–Kier alpha value is -5.69. The Morgan fingerprint density at radius 1 is 0.638 bits per heavy atom. The minimum atomic E-state index is -1.59. The Morgan fingerprint density at radius 3 is 1.57 bits per heavy atom. The van der Waals surface area contributed by atoms with Crippen LogP contribution in [0.15, 0.2) is 114 Å². The molecule has 69 heavy (non-hydrogen) atoms. The molecule has 2 saturated heterocycles. The van der Waals surface area contributed by atoms with Gasteiger partial charge < -0.3 is 18.9 Å². The average Bonchev–Trinajstić information content (AvgIpc) is 3.78. The maximum Gasteiger partial charge on any atom is 0.417 e. The van der Waals surface area contributed by atoms with E-state index in [0.717, 1.165) is 27.2 Å². The summed E-state index contributed by atoms with van der Waals surface area (Å²) in [6, 6.07) is 25.9. The number of carbonyl (C=O) groups is 4. The summed E-state index contributed by atoms with van der Waals surface area (Å²) in [5, 5.41) is 6.29. The van der Waals surface area contributed by atoms with Crippen molar-refractivity contribution in [3.8, 4) is 11.5 Å². The molecule has 2 fully saturated rings. The molecule has 2 aliphatic heterocycles. The third kappa shape index (κ3) is 10.7. The zero-order valence-corrected chi connectivity index (χ0v) is 42.4. The van der Waals surface area contributed by atoms with Crippen molar-refractivity contribution in [1.82, 2.24) is 9.80 Å². The van der Waals surface area contributed by atoms with E-state index in [-0.39, 0.29) is 48.6 Å². The summed E-state index contributed by atoms with van der Waals surface area (Å²) in [6.07, 6.45) is 6.02. The zero-order valence-electron chi connectivity index (χ0n) is 39.4. The van der Waals surface area contributed by atoms with E-state index in [9.17, 15) is 24.7 Å². The molecule has 0 aromatic heterocycles. The van der Waals surface area contributed by atoms with Crippen LogP contribution in [0.4, 0.5) is 9.59 Å². The molecular formula is C52H53Cl4N5O8. The smallest absolute Gasteiger partial charge is 0.417 e. The minimum absolute atomic E-state index is 0.0107. The van der Waals surface area contributed by atoms with Crippen molar-refractivity contribution < 1.29 is 38.1 Å². The van der Waals surface area contributed by atoms with E-state index in [4.69, 9.17) is 65.4 Å². The van der Waals surface area contributed by atoms with E-state index in [1.807, 2.05) is 72.8 Å². The molecule has 2 aliphatic carbocycles. The van der Waals surface area contributed by atoms with Crippen molar-refractivity contribution in [3.63, 3.8) is 0 Å². The SMILES string of the molecule is COc1cc(Cl)ccc1[C@@H]1C=C[C@@]2(N=[N+]=[N-])C(=O)N(C(=O)OC(C)(C)C)C[C@H]2[C@H]1c1ccc(Cl)cc1.COc1cc(Cl)ccc1[C@@H]1C=C[C@H]2C(=O)N(C(=O)OC(C)(C)C)C[C@H]2[C@H]1c1ccc(Cl)cc1. The first-order valence-electron chi connectivity index (χ1n) is 22.3. The van der Waals surface area contributed by atoms with E-state index < -0.39 is 46.7 Å². The molecule has 362 valence electrons. The normalized spacial score (nSPS) is 24.9. The highest BCUT2D eigenvalue weighted by Gasteiger charge is 2.60. The molecule has 0 unspecified atom stereocenters. The zero-order chi connectivity index (χ0) is 50.2. The van der Waals surface area contributed by atoms with E-state index in [1.165, 1.54) is 4.90 Å². The first kappa shape index (κ1) is 51.2. The molecule has 0 saturated carbocycles. The lowest BCUT2D eigenvalue weighted by Crippen LogP contribution is -2.46. The quantitative estimate of drug-likeness (QED) is 0.0765. The first-order chi connectivity index (χ1) is 32.6. The maximum absolute atomic E-state index is 13.7. The van der Waals surface area contributed by atoms with E-state index >= 15 is 0 Å². The van der Waals surface area contributed by atoms with E-state index in [2.05, 4.69) is 10.0 Å². The summed E-state index contributed by atoms with van der Waals surface area (Å²) in [5.41, 5.74) is 10.1. The number of benzene rings is 4. The van der Waals surface area contributed by atoms with Crippen LogP contribution in [0, 0.1) is 17.8 Å². The number of allylic oxidation sites excluding steroid dienone is 2. The van der Waals surface area contributed by atoms with Gasteiger partial charge >= 0.3 is 12.2 Å². The fourth-order valence-electron chi connectivity index (χ4n) is 9.92. The number of rotatable bonds is 7. The molecule has 17 heteroatoms. The fourth-order valence-corrected chi connectivity index (χ4v) is 10.5. The lowest BCUT2D eigenvalue weighted by Gasteiger charge is -2.40. The van der Waals surface area contributed by atoms with Crippen LogP contribution in [-0.4, -0.2) is 77.9 Å². The van der Waals surface area contributed by atoms with Gasteiger partial charge in [-0.25, -0.2) is 19.4 Å². The molecule has 4 aromatic carbocycles. The van der Waals surface area contributed by atoms with Gasteiger partial charge in [0.15, 0.2) is 5.54 Å². The highest BCUT2D eigenvalue weighted by Crippen LogP contribution is 2.55. The molecule has 4 aromatic rings. The molecular weight excluding hydrogens is 964 g/mol. The number of hydrogen-bond donors (Lipinski definition) is 0. The van der Waals surface area contributed by atoms with Crippen LogP contribution in [-0.2, 0) is 19.1 Å². The molecule has 2 heterocycles. The number of ether oxygens (including phenoxy) is 4. The second kappa shape index (κ2) is 20.3. The Labute approximate surface area is 421 Å². The number of fused-ring (bicyclic) bond motifs is 2. The Kier molecular flexibility index (Phi) is 15.1. The predicted octanol–water partition coefficient (Wildman–Crippen LogP) is 13.3. The lowest BCUT2D eigenvalue weighted by molar-refractivity contribution is -0.131. The molecule has 4 aliphatic rings. The van der Waals surface area contributed by atoms with Gasteiger partial charge in [0, 0.05) is 72.9 Å². The number of methoxy groups -OCH3 is 2. The van der Waals surface area contributed by atoms with E-state index in [1.54, 1.807) is 92.2 Å². The van der Waals surface area contributed by atoms with Gasteiger partial charge in [-0.05, 0) is 119 Å². The lowest BCUT2D eigenvalue weighted by atomic mass is 9.64. The summed E-state index contributed by atoms with van der Waals surface area (Å²) < 4.78 is 22.3. The molecule has 0 bridgehead atoms. The number of nitrogens with zero attached hydrogens (tertiary/aromatic N) is 5. The molecule has 8 rings (SSSR count). The standard InChI is InChI=1S/C26H26Cl2N4O4.C26H27Cl2NO4/c1-25(2,3)36-24(34)32-14-20-22(15-5-7-16(27)8-6-15)19(11-12-26(20,23(32)33)30-31-29)18-10-9-17(28)13-21(18)35-4;1-26(2,3)33-25(31)29-14-21-20(24(29)30)12-11-19(18-10-9-17(28)13-22(18)32-4)23(21)15-5-7-16(27)8-6-15/h5-13,19-20,22H,14H2,1-4H3;5-13,19-21,23H,14H2,1-4H3/t19-,20-,22-,26-;19-,20+,21+,23-/m00/s1. The molecule has 8 atom stereocenters. The largest absolute Gasteiger partial charge is 0.496 e. The van der Waals surface area contributed by atoms with Gasteiger partial charge in [0.2, 0.25) is 11.8 Å². The summed E-state index contributed by atoms with van der Waals surface area (Å²) in [4.78, 5) is 58.0. The van der Waals surface area contributed by atoms with Gasteiger partial charge in [-0.3, -0.25) is 9.59 Å². The Morgan fingerprint density at radius 2 is 1.09 bits per heavy atom. The number of amides is 4.